The molecule has 5 heterocycles. The van der Waals surface area contributed by atoms with Crippen LogP contribution in [0, 0.1) is 30.6 Å². The zero-order valence-electron chi connectivity index (χ0n) is 15.6. The second-order valence-corrected chi connectivity index (χ2v) is 8.63. The van der Waals surface area contributed by atoms with E-state index in [1.54, 1.807) is 0 Å². The summed E-state index contributed by atoms with van der Waals surface area (Å²) < 4.78 is 12.1. The molecule has 28 heavy (non-hydrogen) atoms. The van der Waals surface area contributed by atoms with E-state index in [2.05, 4.69) is 30.8 Å². The van der Waals surface area contributed by atoms with Gasteiger partial charge in [0.2, 0.25) is 5.95 Å². The second kappa shape index (κ2) is 6.09. The predicted octanol–water partition coefficient (Wildman–Crippen LogP) is 3.23. The lowest BCUT2D eigenvalue weighted by Gasteiger charge is -2.40. The minimum absolute atomic E-state index is 0.240. The average molecular weight is 393 g/mol. The normalized spacial score (nSPS) is 25.3. The number of nitrogens with zero attached hydrogens (tertiary/aromatic N) is 6. The van der Waals surface area contributed by atoms with Gasteiger partial charge >= 0.3 is 0 Å². The van der Waals surface area contributed by atoms with Crippen LogP contribution in [0.15, 0.2) is 24.7 Å². The van der Waals surface area contributed by atoms with Crippen LogP contribution >= 0.6 is 11.5 Å². The van der Waals surface area contributed by atoms with E-state index < -0.39 is 0 Å². The molecule has 1 saturated carbocycles. The van der Waals surface area contributed by atoms with Crippen molar-refractivity contribution in [1.82, 2.24) is 24.1 Å². The Labute approximate surface area is 166 Å². The molecule has 3 aliphatic rings. The highest BCUT2D eigenvalue weighted by Gasteiger charge is 2.63. The van der Waals surface area contributed by atoms with E-state index in [1.807, 2.05) is 43.2 Å². The number of aromatic nitrogens is 5. The van der Waals surface area contributed by atoms with Crippen LogP contribution in [-0.4, -0.2) is 36.3 Å². The van der Waals surface area contributed by atoms with Gasteiger partial charge in [0, 0.05) is 18.0 Å². The van der Waals surface area contributed by atoms with E-state index >= 15 is 0 Å². The molecule has 0 spiro atoms. The maximum Gasteiger partial charge on any atom is 0.228 e. The summed E-state index contributed by atoms with van der Waals surface area (Å²) in [5, 5.41) is 17.9. The third kappa shape index (κ3) is 2.85. The largest absolute Gasteiger partial charge is 0.371 e. The van der Waals surface area contributed by atoms with Gasteiger partial charge in [-0.1, -0.05) is 0 Å². The van der Waals surface area contributed by atoms with Gasteiger partial charge in [-0.05, 0) is 49.9 Å². The molecule has 1 N–H and O–H groups in total. The molecule has 2 saturated heterocycles. The third-order valence-electron chi connectivity index (χ3n) is 5.40. The lowest BCUT2D eigenvalue weighted by atomic mass is 9.63. The molecule has 6 rings (SSSR count). The van der Waals surface area contributed by atoms with E-state index in [9.17, 15) is 5.26 Å². The minimum Gasteiger partial charge on any atom is -0.371 e. The molecular weight excluding hydrogens is 374 g/mol. The van der Waals surface area contributed by atoms with Crippen LogP contribution in [0.4, 0.5) is 10.9 Å². The Balaban J connectivity index is 1.35. The Morgan fingerprint density at radius 2 is 2.21 bits per heavy atom. The standard InChI is InChI=1S/C19H19N7OS/c1-12-4-21-17(23-15-3-13(2)25-28-15)24-16(12)14-5-22-26(6-14)10-19-7-18(8-19,9-20)11-27-19/h3-6H,7-8,10-11H2,1-2H3,(H,21,23,24). The fourth-order valence-corrected chi connectivity index (χ4v) is 4.80. The Morgan fingerprint density at radius 1 is 1.36 bits per heavy atom. The van der Waals surface area contributed by atoms with E-state index in [1.165, 1.54) is 11.5 Å². The lowest BCUT2D eigenvalue weighted by molar-refractivity contribution is -0.0237. The van der Waals surface area contributed by atoms with Crippen LogP contribution in [-0.2, 0) is 11.3 Å². The highest BCUT2D eigenvalue weighted by Crippen LogP contribution is 2.58. The molecule has 0 atom stereocenters. The van der Waals surface area contributed by atoms with Crippen LogP contribution in [0.3, 0.4) is 0 Å². The number of fused-ring (bicyclic) bond motifs is 1. The summed E-state index contributed by atoms with van der Waals surface area (Å²) in [5.41, 5.74) is 3.21. The smallest absolute Gasteiger partial charge is 0.228 e. The van der Waals surface area contributed by atoms with Crippen molar-refractivity contribution in [3.63, 3.8) is 0 Å². The Bertz CT molecular complexity index is 1090. The Kier molecular flexibility index (Phi) is 3.76. The summed E-state index contributed by atoms with van der Waals surface area (Å²) in [6.07, 6.45) is 7.19. The van der Waals surface area contributed by atoms with E-state index in [4.69, 9.17) is 4.74 Å². The number of ether oxygens (including phenoxy) is 1. The first kappa shape index (κ1) is 17.3. The monoisotopic (exact) mass is 393 g/mol. The molecule has 8 nitrogen and oxygen atoms in total. The summed E-state index contributed by atoms with van der Waals surface area (Å²) in [4.78, 5) is 9.04. The van der Waals surface area contributed by atoms with Gasteiger partial charge in [0.25, 0.3) is 0 Å². The molecule has 142 valence electrons. The van der Waals surface area contributed by atoms with E-state index in [0.29, 0.717) is 19.1 Å². The van der Waals surface area contributed by atoms with Crippen molar-refractivity contribution >= 4 is 22.5 Å². The topological polar surface area (TPSA) is 102 Å². The van der Waals surface area contributed by atoms with Crippen molar-refractivity contribution in [3.05, 3.63) is 35.9 Å². The van der Waals surface area contributed by atoms with Gasteiger partial charge in [0.1, 0.15) is 5.00 Å². The maximum absolute atomic E-state index is 9.28. The van der Waals surface area contributed by atoms with Crippen LogP contribution in [0.1, 0.15) is 24.1 Å². The van der Waals surface area contributed by atoms with Gasteiger partial charge in [-0.3, -0.25) is 4.68 Å². The quantitative estimate of drug-likeness (QED) is 0.710. The lowest BCUT2D eigenvalue weighted by Crippen LogP contribution is -2.46. The molecule has 0 radical (unpaired) electrons. The van der Waals surface area contributed by atoms with E-state index in [-0.39, 0.29) is 11.0 Å². The fraction of sp³-hybridized carbons (Fsp3) is 0.421. The van der Waals surface area contributed by atoms with Gasteiger partial charge < -0.3 is 10.1 Å². The zero-order chi connectivity index (χ0) is 19.4. The first-order valence-electron chi connectivity index (χ1n) is 9.10. The van der Waals surface area contributed by atoms with Crippen molar-refractivity contribution in [2.24, 2.45) is 5.41 Å². The van der Waals surface area contributed by atoms with E-state index in [0.717, 1.165) is 40.4 Å². The molecule has 9 heteroatoms. The zero-order valence-corrected chi connectivity index (χ0v) is 16.5. The Morgan fingerprint density at radius 3 is 2.93 bits per heavy atom. The van der Waals surface area contributed by atoms with Crippen molar-refractivity contribution in [2.45, 2.75) is 38.8 Å². The molecule has 0 unspecified atom stereocenters. The molecule has 1 aliphatic carbocycles. The number of anilines is 2. The maximum atomic E-state index is 9.28. The summed E-state index contributed by atoms with van der Waals surface area (Å²) in [5.74, 6) is 0.535. The molecule has 2 bridgehead atoms. The van der Waals surface area contributed by atoms with Crippen LogP contribution in [0.2, 0.25) is 0 Å². The van der Waals surface area contributed by atoms with Crippen molar-refractivity contribution < 1.29 is 4.74 Å². The van der Waals surface area contributed by atoms with Crippen molar-refractivity contribution in [3.8, 4) is 17.3 Å². The Hall–Kier alpha value is -2.83. The number of rotatable bonds is 5. The third-order valence-corrected chi connectivity index (χ3v) is 6.20. The highest BCUT2D eigenvalue weighted by molar-refractivity contribution is 7.10. The molecular formula is C19H19N7OS. The number of nitrogens with one attached hydrogen (secondary N) is 1. The van der Waals surface area contributed by atoms with Gasteiger partial charge in [0.05, 0.1) is 47.8 Å². The van der Waals surface area contributed by atoms with Gasteiger partial charge in [-0.25, -0.2) is 9.97 Å². The molecule has 0 amide bonds. The first-order chi connectivity index (χ1) is 13.5. The van der Waals surface area contributed by atoms with Gasteiger partial charge in [0.15, 0.2) is 0 Å². The average Bonchev–Trinajstić information content (AvgIpc) is 3.41. The number of nitriles is 1. The molecule has 0 aromatic carbocycles. The summed E-state index contributed by atoms with van der Waals surface area (Å²) in [7, 11) is 0. The summed E-state index contributed by atoms with van der Waals surface area (Å²) in [6, 6.07) is 4.37. The van der Waals surface area contributed by atoms with Crippen LogP contribution < -0.4 is 5.32 Å². The highest BCUT2D eigenvalue weighted by atomic mass is 32.1. The SMILES string of the molecule is Cc1cc(Nc2ncc(C)c(-c3cnn(CC45CC(C#N)(CO4)C5)c3)n2)sn1. The minimum atomic E-state index is -0.269. The first-order valence-corrected chi connectivity index (χ1v) is 9.88. The second-order valence-electron chi connectivity index (χ2n) is 7.83. The van der Waals surface area contributed by atoms with Gasteiger partial charge in [-0.15, -0.1) is 0 Å². The van der Waals surface area contributed by atoms with Crippen molar-refractivity contribution in [1.29, 1.82) is 5.26 Å². The summed E-state index contributed by atoms with van der Waals surface area (Å²) in [6.45, 7) is 5.13. The molecule has 3 fully saturated rings. The number of hydrogen-bond acceptors (Lipinski definition) is 8. The van der Waals surface area contributed by atoms with Crippen molar-refractivity contribution in [2.75, 3.05) is 11.9 Å². The van der Waals surface area contributed by atoms with Gasteiger partial charge in [-0.2, -0.15) is 14.7 Å². The molecule has 3 aromatic heterocycles. The number of hydrogen-bond donors (Lipinski definition) is 1. The fourth-order valence-electron chi connectivity index (χ4n) is 4.14. The van der Waals surface area contributed by atoms with Crippen LogP contribution in [0.25, 0.3) is 11.3 Å². The van der Waals surface area contributed by atoms with Crippen LogP contribution in [0.5, 0.6) is 0 Å². The summed E-state index contributed by atoms with van der Waals surface area (Å²) >= 11 is 1.38. The number of aryl methyl sites for hydroxylation is 2. The molecule has 3 aromatic rings. The molecule has 2 aliphatic heterocycles. The predicted molar refractivity (Wildman–Crippen MR) is 104 cm³/mol.